The zero-order chi connectivity index (χ0) is 20.1. The number of hydrogen-bond donors (Lipinski definition) is 0. The van der Waals surface area contributed by atoms with Crippen molar-refractivity contribution in [1.82, 2.24) is 9.55 Å². The van der Waals surface area contributed by atoms with Crippen molar-refractivity contribution in [3.8, 4) is 0 Å². The minimum Gasteiger partial charge on any atom is -0.381 e. The Kier molecular flexibility index (Phi) is 7.78. The second-order valence-electron chi connectivity index (χ2n) is 8.39. The van der Waals surface area contributed by atoms with Crippen molar-refractivity contribution in [3.05, 3.63) is 38.9 Å². The molecule has 2 heterocycles. The summed E-state index contributed by atoms with van der Waals surface area (Å²) < 4.78 is 14.0. The highest BCUT2D eigenvalue weighted by Gasteiger charge is 2.18. The van der Waals surface area contributed by atoms with Gasteiger partial charge >= 0.3 is 0 Å². The fourth-order valence-corrected chi connectivity index (χ4v) is 5.29. The molecule has 8 heteroatoms. The van der Waals surface area contributed by atoms with E-state index in [9.17, 15) is 4.79 Å². The van der Waals surface area contributed by atoms with E-state index < -0.39 is 8.07 Å². The smallest absolute Gasteiger partial charge is 0.263 e. The molecule has 1 aromatic heterocycles. The lowest BCUT2D eigenvalue weighted by molar-refractivity contribution is 0.0827. The van der Waals surface area contributed by atoms with Crippen molar-refractivity contribution in [2.24, 2.45) is 0 Å². The van der Waals surface area contributed by atoms with Crippen molar-refractivity contribution in [2.45, 2.75) is 56.3 Å². The third-order valence-corrected chi connectivity index (χ3v) is 8.39. The van der Waals surface area contributed by atoms with Crippen LogP contribution in [0.4, 0.5) is 0 Å². The van der Waals surface area contributed by atoms with Crippen molar-refractivity contribution < 1.29 is 9.47 Å². The molecule has 154 valence electrons. The summed E-state index contributed by atoms with van der Waals surface area (Å²) in [6.45, 7) is 9.58. The Morgan fingerprint density at radius 3 is 2.79 bits per heavy atom. The van der Waals surface area contributed by atoms with Gasteiger partial charge in [-0.2, -0.15) is 11.8 Å². The number of rotatable bonds is 8. The van der Waals surface area contributed by atoms with E-state index in [1.165, 1.54) is 0 Å². The number of thioether (sulfide) groups is 1. The highest BCUT2D eigenvalue weighted by atomic mass is 79.9. The lowest BCUT2D eigenvalue weighted by Gasteiger charge is -2.22. The van der Waals surface area contributed by atoms with E-state index in [4.69, 9.17) is 14.5 Å². The topological polar surface area (TPSA) is 53.4 Å². The Hall–Kier alpha value is -0.673. The summed E-state index contributed by atoms with van der Waals surface area (Å²) in [6.07, 6.45) is 2.11. The highest BCUT2D eigenvalue weighted by Crippen LogP contribution is 2.26. The molecule has 1 aromatic carbocycles. The molecule has 3 rings (SSSR count). The lowest BCUT2D eigenvalue weighted by atomic mass is 10.2. The van der Waals surface area contributed by atoms with E-state index in [2.05, 4.69) is 35.6 Å². The molecular formula is C20H29BrN2O3SSi. The predicted octanol–water partition coefficient (Wildman–Crippen LogP) is 4.88. The zero-order valence-electron chi connectivity index (χ0n) is 16.9. The largest absolute Gasteiger partial charge is 0.381 e. The van der Waals surface area contributed by atoms with Gasteiger partial charge in [0.2, 0.25) is 0 Å². The van der Waals surface area contributed by atoms with Gasteiger partial charge in [-0.25, -0.2) is 4.98 Å². The van der Waals surface area contributed by atoms with Gasteiger partial charge in [0.05, 0.1) is 16.7 Å². The standard InChI is InChI=1S/C20H29BrN2O3SSi/c1-28(2,3)11-10-26-14-23-19(13-27-16-6-8-25-9-7-16)22-18-12-15(21)4-5-17(18)20(23)24/h4-5,12,16H,6-11,13-14H2,1-3H3. The molecule has 0 aliphatic carbocycles. The summed E-state index contributed by atoms with van der Waals surface area (Å²) in [5.74, 6) is 1.50. The third kappa shape index (κ3) is 6.16. The van der Waals surface area contributed by atoms with Gasteiger partial charge in [0.1, 0.15) is 12.6 Å². The van der Waals surface area contributed by atoms with E-state index in [1.807, 2.05) is 30.0 Å². The van der Waals surface area contributed by atoms with Crippen LogP contribution in [0.3, 0.4) is 0 Å². The van der Waals surface area contributed by atoms with Crippen LogP contribution in [-0.4, -0.2) is 42.7 Å². The van der Waals surface area contributed by atoms with Gasteiger partial charge in [0.15, 0.2) is 0 Å². The van der Waals surface area contributed by atoms with Crippen molar-refractivity contribution >= 4 is 46.7 Å². The number of hydrogen-bond acceptors (Lipinski definition) is 5. The molecule has 2 aromatic rings. The first-order chi connectivity index (χ1) is 13.3. The molecule has 1 aliphatic rings. The van der Waals surface area contributed by atoms with Crippen LogP contribution in [0.15, 0.2) is 27.5 Å². The maximum Gasteiger partial charge on any atom is 0.263 e. The molecule has 28 heavy (non-hydrogen) atoms. The second-order valence-corrected chi connectivity index (χ2v) is 16.2. The number of benzene rings is 1. The summed E-state index contributed by atoms with van der Waals surface area (Å²) in [4.78, 5) is 17.9. The number of halogens is 1. The van der Waals surface area contributed by atoms with Crippen molar-refractivity contribution in [1.29, 1.82) is 0 Å². The maximum absolute atomic E-state index is 13.1. The van der Waals surface area contributed by atoms with Crippen molar-refractivity contribution in [3.63, 3.8) is 0 Å². The van der Waals surface area contributed by atoms with Crippen LogP contribution in [0.1, 0.15) is 18.7 Å². The molecule has 1 aliphatic heterocycles. The summed E-state index contributed by atoms with van der Waals surface area (Å²) in [6, 6.07) is 6.72. The molecular weight excluding hydrogens is 456 g/mol. The van der Waals surface area contributed by atoms with Crippen LogP contribution < -0.4 is 5.56 Å². The first-order valence-corrected chi connectivity index (χ1v) is 15.3. The average molecular weight is 486 g/mol. The molecule has 0 N–H and O–H groups in total. The van der Waals surface area contributed by atoms with Crippen LogP contribution in [-0.2, 0) is 22.0 Å². The molecule has 1 saturated heterocycles. The highest BCUT2D eigenvalue weighted by molar-refractivity contribution is 9.10. The minimum absolute atomic E-state index is 0.0203. The van der Waals surface area contributed by atoms with Gasteiger partial charge in [0, 0.05) is 37.6 Å². The first-order valence-electron chi connectivity index (χ1n) is 9.79. The van der Waals surface area contributed by atoms with Gasteiger partial charge in [-0.3, -0.25) is 9.36 Å². The summed E-state index contributed by atoms with van der Waals surface area (Å²) in [5, 5.41) is 1.20. The van der Waals surface area contributed by atoms with Gasteiger partial charge in [-0.15, -0.1) is 0 Å². The van der Waals surface area contributed by atoms with Crippen LogP contribution in [0.25, 0.3) is 10.9 Å². The van der Waals surface area contributed by atoms with Crippen LogP contribution in [0.2, 0.25) is 25.7 Å². The average Bonchev–Trinajstić information content (AvgIpc) is 2.65. The Bertz CT molecular complexity index is 863. The van der Waals surface area contributed by atoms with Gasteiger partial charge in [-0.05, 0) is 37.1 Å². The molecule has 0 radical (unpaired) electrons. The SMILES string of the molecule is C[Si](C)(C)CCOCn1c(CSC2CCOCC2)nc2cc(Br)ccc2c1=O. The Labute approximate surface area is 180 Å². The second kappa shape index (κ2) is 9.89. The normalized spacial score (nSPS) is 16.0. The predicted molar refractivity (Wildman–Crippen MR) is 123 cm³/mol. The molecule has 0 unspecified atom stereocenters. The summed E-state index contributed by atoms with van der Waals surface area (Å²) in [7, 11) is -1.16. The van der Waals surface area contributed by atoms with Crippen molar-refractivity contribution in [2.75, 3.05) is 19.8 Å². The summed E-state index contributed by atoms with van der Waals surface area (Å²) >= 11 is 5.35. The molecule has 0 spiro atoms. The first kappa shape index (κ1) is 22.0. The zero-order valence-corrected chi connectivity index (χ0v) is 20.3. The Morgan fingerprint density at radius 1 is 1.32 bits per heavy atom. The Morgan fingerprint density at radius 2 is 2.07 bits per heavy atom. The molecule has 0 saturated carbocycles. The number of aromatic nitrogens is 2. The summed E-state index contributed by atoms with van der Waals surface area (Å²) in [5.41, 5.74) is 0.716. The van der Waals surface area contributed by atoms with E-state index >= 15 is 0 Å². The minimum atomic E-state index is -1.16. The third-order valence-electron chi connectivity index (χ3n) is 4.83. The number of fused-ring (bicyclic) bond motifs is 1. The van der Waals surface area contributed by atoms with Crippen LogP contribution in [0, 0.1) is 0 Å². The monoisotopic (exact) mass is 484 g/mol. The van der Waals surface area contributed by atoms with Crippen LogP contribution in [0.5, 0.6) is 0 Å². The lowest BCUT2D eigenvalue weighted by Crippen LogP contribution is -2.28. The number of nitrogens with zero attached hydrogens (tertiary/aromatic N) is 2. The molecule has 0 atom stereocenters. The molecule has 0 amide bonds. The quantitative estimate of drug-likeness (QED) is 0.394. The molecule has 0 bridgehead atoms. The number of ether oxygens (including phenoxy) is 2. The fourth-order valence-electron chi connectivity index (χ4n) is 3.05. The van der Waals surface area contributed by atoms with Crippen LogP contribution >= 0.6 is 27.7 Å². The fraction of sp³-hybridized carbons (Fsp3) is 0.600. The van der Waals surface area contributed by atoms with E-state index in [0.717, 1.165) is 47.9 Å². The molecule has 1 fully saturated rings. The van der Waals surface area contributed by atoms with Gasteiger partial charge in [0.25, 0.3) is 5.56 Å². The van der Waals surface area contributed by atoms with Gasteiger partial charge in [-0.1, -0.05) is 35.6 Å². The van der Waals surface area contributed by atoms with Gasteiger partial charge < -0.3 is 9.47 Å². The van der Waals surface area contributed by atoms with E-state index in [0.29, 0.717) is 23.0 Å². The van der Waals surface area contributed by atoms with E-state index in [-0.39, 0.29) is 12.3 Å². The van der Waals surface area contributed by atoms with E-state index in [1.54, 1.807) is 4.57 Å². The molecule has 5 nitrogen and oxygen atoms in total. The maximum atomic E-state index is 13.1. The Balaban J connectivity index is 1.81.